The molecule has 0 spiro atoms. The quantitative estimate of drug-likeness (QED) is 0.783. The number of carboxylic acids is 1. The lowest BCUT2D eigenvalue weighted by Crippen LogP contribution is -2.29. The SMILES string of the molecule is Cc1cnc(C(=O)NCC(C)CC(=O)O)cn1. The summed E-state index contributed by atoms with van der Waals surface area (Å²) in [7, 11) is 0. The van der Waals surface area contributed by atoms with Crippen LogP contribution in [0.25, 0.3) is 0 Å². The lowest BCUT2D eigenvalue weighted by molar-refractivity contribution is -0.137. The van der Waals surface area contributed by atoms with Crippen LogP contribution < -0.4 is 5.32 Å². The van der Waals surface area contributed by atoms with Gasteiger partial charge in [0.05, 0.1) is 11.9 Å². The molecule has 0 bridgehead atoms. The Morgan fingerprint density at radius 2 is 2.12 bits per heavy atom. The van der Waals surface area contributed by atoms with E-state index in [1.54, 1.807) is 13.8 Å². The van der Waals surface area contributed by atoms with Crippen LogP contribution in [0, 0.1) is 12.8 Å². The summed E-state index contributed by atoms with van der Waals surface area (Å²) in [4.78, 5) is 29.9. The Morgan fingerprint density at radius 3 is 2.65 bits per heavy atom. The number of carboxylic acid groups (broad SMARTS) is 1. The molecular formula is C11H15N3O3. The summed E-state index contributed by atoms with van der Waals surface area (Å²) in [6.45, 7) is 3.85. The summed E-state index contributed by atoms with van der Waals surface area (Å²) < 4.78 is 0. The molecule has 0 fully saturated rings. The van der Waals surface area contributed by atoms with Gasteiger partial charge in [0.25, 0.3) is 5.91 Å². The van der Waals surface area contributed by atoms with Gasteiger partial charge in [-0.3, -0.25) is 14.6 Å². The van der Waals surface area contributed by atoms with Gasteiger partial charge in [-0.05, 0) is 12.8 Å². The van der Waals surface area contributed by atoms with Crippen molar-refractivity contribution in [1.82, 2.24) is 15.3 Å². The number of carbonyl (C=O) groups is 2. The highest BCUT2D eigenvalue weighted by Gasteiger charge is 2.11. The molecule has 0 radical (unpaired) electrons. The minimum atomic E-state index is -0.873. The standard InChI is InChI=1S/C11H15N3O3/c1-7(3-10(15)16)4-14-11(17)9-6-12-8(2)5-13-9/h5-7H,3-4H2,1-2H3,(H,14,17)(H,15,16). The van der Waals surface area contributed by atoms with Gasteiger partial charge in [0.2, 0.25) is 0 Å². The molecule has 0 saturated carbocycles. The number of amides is 1. The van der Waals surface area contributed by atoms with Crippen molar-refractivity contribution < 1.29 is 14.7 Å². The van der Waals surface area contributed by atoms with E-state index in [9.17, 15) is 9.59 Å². The Bertz CT molecular complexity index is 403. The van der Waals surface area contributed by atoms with Gasteiger partial charge in [0, 0.05) is 19.2 Å². The van der Waals surface area contributed by atoms with Crippen molar-refractivity contribution in [2.45, 2.75) is 20.3 Å². The smallest absolute Gasteiger partial charge is 0.303 e. The molecule has 92 valence electrons. The molecule has 6 heteroatoms. The molecule has 0 aliphatic carbocycles. The predicted molar refractivity (Wildman–Crippen MR) is 60.5 cm³/mol. The molecule has 1 rings (SSSR count). The van der Waals surface area contributed by atoms with Crippen LogP contribution in [-0.4, -0.2) is 33.5 Å². The van der Waals surface area contributed by atoms with Crippen molar-refractivity contribution in [2.75, 3.05) is 6.54 Å². The maximum atomic E-state index is 11.6. The molecule has 1 unspecified atom stereocenters. The van der Waals surface area contributed by atoms with Gasteiger partial charge in [0.15, 0.2) is 0 Å². The fourth-order valence-corrected chi connectivity index (χ4v) is 1.24. The Hall–Kier alpha value is -1.98. The lowest BCUT2D eigenvalue weighted by Gasteiger charge is -2.09. The van der Waals surface area contributed by atoms with Crippen LogP contribution in [0.2, 0.25) is 0 Å². The van der Waals surface area contributed by atoms with Crippen molar-refractivity contribution in [3.05, 3.63) is 23.8 Å². The third-order valence-corrected chi connectivity index (χ3v) is 2.15. The molecular weight excluding hydrogens is 222 g/mol. The molecule has 0 aliphatic heterocycles. The molecule has 1 amide bonds. The van der Waals surface area contributed by atoms with Gasteiger partial charge >= 0.3 is 5.97 Å². The second-order valence-corrected chi connectivity index (χ2v) is 3.96. The third kappa shape index (κ3) is 4.58. The van der Waals surface area contributed by atoms with Crippen LogP contribution in [0.1, 0.15) is 29.5 Å². The molecule has 0 saturated heterocycles. The minimum absolute atomic E-state index is 0.0276. The molecule has 6 nitrogen and oxygen atoms in total. The number of aryl methyl sites for hydroxylation is 1. The van der Waals surface area contributed by atoms with E-state index in [4.69, 9.17) is 5.11 Å². The van der Waals surface area contributed by atoms with Crippen LogP contribution in [0.5, 0.6) is 0 Å². The van der Waals surface area contributed by atoms with Crippen LogP contribution in [0.4, 0.5) is 0 Å². The Labute approximate surface area is 99.1 Å². The highest BCUT2D eigenvalue weighted by Crippen LogP contribution is 2.00. The topological polar surface area (TPSA) is 92.2 Å². The fraction of sp³-hybridized carbons (Fsp3) is 0.455. The zero-order valence-electron chi connectivity index (χ0n) is 9.80. The van der Waals surface area contributed by atoms with Crippen LogP contribution >= 0.6 is 0 Å². The number of nitrogens with one attached hydrogen (secondary N) is 1. The van der Waals surface area contributed by atoms with Gasteiger partial charge in [-0.2, -0.15) is 0 Å². The van der Waals surface area contributed by atoms with Gasteiger partial charge in [-0.1, -0.05) is 6.92 Å². The monoisotopic (exact) mass is 237 g/mol. The summed E-state index contributed by atoms with van der Waals surface area (Å²) in [5.41, 5.74) is 0.971. The maximum Gasteiger partial charge on any atom is 0.303 e. The van der Waals surface area contributed by atoms with Crippen molar-refractivity contribution in [1.29, 1.82) is 0 Å². The molecule has 1 aromatic rings. The number of aromatic nitrogens is 2. The summed E-state index contributed by atoms with van der Waals surface area (Å²) in [6, 6.07) is 0. The van der Waals surface area contributed by atoms with Gasteiger partial charge in [-0.15, -0.1) is 0 Å². The van der Waals surface area contributed by atoms with Crippen molar-refractivity contribution >= 4 is 11.9 Å². The first kappa shape index (κ1) is 13.1. The van der Waals surface area contributed by atoms with E-state index >= 15 is 0 Å². The Kier molecular flexibility index (Phi) is 4.56. The van der Waals surface area contributed by atoms with E-state index in [0.717, 1.165) is 5.69 Å². The normalized spacial score (nSPS) is 11.9. The summed E-state index contributed by atoms with van der Waals surface area (Å²) in [5, 5.41) is 11.2. The lowest BCUT2D eigenvalue weighted by atomic mass is 10.1. The molecule has 0 aromatic carbocycles. The minimum Gasteiger partial charge on any atom is -0.481 e. The zero-order valence-corrected chi connectivity index (χ0v) is 9.80. The molecule has 1 atom stereocenters. The maximum absolute atomic E-state index is 11.6. The molecule has 17 heavy (non-hydrogen) atoms. The summed E-state index contributed by atoms with van der Waals surface area (Å²) in [5.74, 6) is -1.33. The van der Waals surface area contributed by atoms with Gasteiger partial charge in [0.1, 0.15) is 5.69 Å². The van der Waals surface area contributed by atoms with Crippen molar-refractivity contribution in [2.24, 2.45) is 5.92 Å². The van der Waals surface area contributed by atoms with E-state index in [1.807, 2.05) is 0 Å². The van der Waals surface area contributed by atoms with Crippen molar-refractivity contribution in [3.63, 3.8) is 0 Å². The second kappa shape index (κ2) is 5.93. The second-order valence-electron chi connectivity index (χ2n) is 3.96. The highest BCUT2D eigenvalue weighted by atomic mass is 16.4. The first-order valence-corrected chi connectivity index (χ1v) is 5.27. The first-order chi connectivity index (χ1) is 7.99. The number of rotatable bonds is 5. The van der Waals surface area contributed by atoms with E-state index in [2.05, 4.69) is 15.3 Å². The van der Waals surface area contributed by atoms with Crippen LogP contribution in [0.15, 0.2) is 12.4 Å². The predicted octanol–water partition coefficient (Wildman–Crippen LogP) is 0.626. The largest absolute Gasteiger partial charge is 0.481 e. The van der Waals surface area contributed by atoms with E-state index in [-0.39, 0.29) is 23.9 Å². The molecule has 2 N–H and O–H groups in total. The van der Waals surface area contributed by atoms with Gasteiger partial charge in [-0.25, -0.2) is 4.98 Å². The molecule has 1 heterocycles. The van der Waals surface area contributed by atoms with E-state index in [0.29, 0.717) is 6.54 Å². The molecule has 1 aromatic heterocycles. The fourth-order valence-electron chi connectivity index (χ4n) is 1.24. The number of carbonyl (C=O) groups excluding carboxylic acids is 1. The summed E-state index contributed by atoms with van der Waals surface area (Å²) >= 11 is 0. The zero-order chi connectivity index (χ0) is 12.8. The average Bonchev–Trinajstić information content (AvgIpc) is 2.26. The Morgan fingerprint density at radius 1 is 1.41 bits per heavy atom. The highest BCUT2D eigenvalue weighted by molar-refractivity contribution is 5.91. The van der Waals surface area contributed by atoms with E-state index < -0.39 is 5.97 Å². The summed E-state index contributed by atoms with van der Waals surface area (Å²) in [6.07, 6.45) is 2.93. The number of nitrogens with zero attached hydrogens (tertiary/aromatic N) is 2. The van der Waals surface area contributed by atoms with E-state index in [1.165, 1.54) is 12.4 Å². The number of aliphatic carboxylic acids is 1. The van der Waals surface area contributed by atoms with Crippen LogP contribution in [-0.2, 0) is 4.79 Å². The van der Waals surface area contributed by atoms with Gasteiger partial charge < -0.3 is 10.4 Å². The average molecular weight is 237 g/mol. The van der Waals surface area contributed by atoms with Crippen molar-refractivity contribution in [3.8, 4) is 0 Å². The number of hydrogen-bond donors (Lipinski definition) is 2. The number of hydrogen-bond acceptors (Lipinski definition) is 4. The third-order valence-electron chi connectivity index (χ3n) is 2.15. The van der Waals surface area contributed by atoms with Crippen LogP contribution in [0.3, 0.4) is 0 Å². The molecule has 0 aliphatic rings. The Balaban J connectivity index is 2.44. The first-order valence-electron chi connectivity index (χ1n) is 5.27.